The van der Waals surface area contributed by atoms with E-state index in [1.165, 1.54) is 30.0 Å². The Morgan fingerprint density at radius 3 is 2.84 bits per heavy atom. The summed E-state index contributed by atoms with van der Waals surface area (Å²) in [6, 6.07) is 9.91. The number of ether oxygens (including phenoxy) is 1. The number of phenolic OH excluding ortho intramolecular Hbond substituents is 1. The van der Waals surface area contributed by atoms with Gasteiger partial charge in [-0.25, -0.2) is 0 Å². The van der Waals surface area contributed by atoms with Crippen molar-refractivity contribution < 1.29 is 19.6 Å². The van der Waals surface area contributed by atoms with Crippen molar-refractivity contribution >= 4 is 23.2 Å². The number of anilines is 2. The van der Waals surface area contributed by atoms with E-state index in [9.17, 15) is 20.0 Å². The fourth-order valence-corrected chi connectivity index (χ4v) is 3.41. The van der Waals surface area contributed by atoms with Crippen molar-refractivity contribution in [1.82, 2.24) is 20.2 Å². The van der Waals surface area contributed by atoms with E-state index in [4.69, 9.17) is 4.74 Å². The average Bonchev–Trinajstić information content (AvgIpc) is 3.21. The van der Waals surface area contributed by atoms with E-state index in [-0.39, 0.29) is 11.5 Å². The topological polar surface area (TPSA) is 157 Å². The maximum absolute atomic E-state index is 13.3. The second-order valence-corrected chi connectivity index (χ2v) is 6.67. The van der Waals surface area contributed by atoms with Gasteiger partial charge in [0.2, 0.25) is 5.95 Å². The summed E-state index contributed by atoms with van der Waals surface area (Å²) in [4.78, 5) is 23.9. The molecule has 1 amide bonds. The number of nitrogens with one attached hydrogen (secondary N) is 2. The Balaban J connectivity index is 1.81. The first-order chi connectivity index (χ1) is 14.9. The fraction of sp³-hybridized carbons (Fsp3) is 0.158. The highest BCUT2D eigenvalue weighted by atomic mass is 16.6. The van der Waals surface area contributed by atoms with Gasteiger partial charge in [0.25, 0.3) is 5.91 Å². The van der Waals surface area contributed by atoms with E-state index in [0.29, 0.717) is 22.7 Å². The van der Waals surface area contributed by atoms with Crippen molar-refractivity contribution in [2.75, 3.05) is 17.7 Å². The molecular weight excluding hydrogens is 406 g/mol. The minimum absolute atomic E-state index is 0.241. The number of benzene rings is 2. The number of fused-ring (bicyclic) bond motifs is 1. The number of hydrogen-bond acceptors (Lipinski definition) is 9. The molecule has 2 heterocycles. The number of phenols is 1. The molecule has 12 nitrogen and oxygen atoms in total. The summed E-state index contributed by atoms with van der Waals surface area (Å²) in [5, 5.41) is 38.4. The molecular formula is C19H17N7O5. The van der Waals surface area contributed by atoms with Crippen molar-refractivity contribution in [1.29, 1.82) is 0 Å². The first-order valence-electron chi connectivity index (χ1n) is 9.08. The van der Waals surface area contributed by atoms with E-state index in [0.717, 1.165) is 0 Å². The molecule has 0 bridgehead atoms. The highest BCUT2D eigenvalue weighted by molar-refractivity contribution is 6.06. The second kappa shape index (κ2) is 7.74. The monoisotopic (exact) mass is 423 g/mol. The summed E-state index contributed by atoms with van der Waals surface area (Å²) in [7, 11) is 1.49. The number of allylic oxidation sites excluding steroid dienone is 1. The maximum Gasteiger partial charge on any atom is 0.311 e. The van der Waals surface area contributed by atoms with Crippen LogP contribution in [0.1, 0.15) is 18.5 Å². The van der Waals surface area contributed by atoms with Crippen molar-refractivity contribution in [3.8, 4) is 11.5 Å². The number of nitro groups is 1. The summed E-state index contributed by atoms with van der Waals surface area (Å²) in [6.07, 6.45) is 0. The summed E-state index contributed by atoms with van der Waals surface area (Å²) < 4.78 is 6.63. The van der Waals surface area contributed by atoms with Crippen LogP contribution >= 0.6 is 0 Å². The van der Waals surface area contributed by atoms with Crippen LogP contribution in [-0.2, 0) is 4.79 Å². The van der Waals surface area contributed by atoms with Gasteiger partial charge in [-0.15, -0.1) is 0 Å². The van der Waals surface area contributed by atoms with Gasteiger partial charge in [0.15, 0.2) is 5.75 Å². The Labute approximate surface area is 175 Å². The van der Waals surface area contributed by atoms with E-state index >= 15 is 0 Å². The molecule has 1 atom stereocenters. The molecule has 1 aliphatic rings. The first-order valence-corrected chi connectivity index (χ1v) is 9.08. The molecule has 158 valence electrons. The molecule has 3 aromatic rings. The molecule has 0 aliphatic carbocycles. The van der Waals surface area contributed by atoms with Crippen molar-refractivity contribution in [3.05, 3.63) is 69.4 Å². The van der Waals surface area contributed by atoms with E-state index in [1.807, 2.05) is 0 Å². The number of nitrogens with zero attached hydrogens (tertiary/aromatic N) is 5. The van der Waals surface area contributed by atoms with Crippen LogP contribution in [0.25, 0.3) is 0 Å². The molecule has 12 heteroatoms. The number of carbonyl (C=O) groups is 1. The zero-order valence-corrected chi connectivity index (χ0v) is 16.4. The molecule has 0 unspecified atom stereocenters. The smallest absolute Gasteiger partial charge is 0.311 e. The lowest BCUT2D eigenvalue weighted by molar-refractivity contribution is -0.385. The molecule has 0 fully saturated rings. The van der Waals surface area contributed by atoms with Gasteiger partial charge < -0.3 is 20.5 Å². The summed E-state index contributed by atoms with van der Waals surface area (Å²) >= 11 is 0. The molecule has 1 aliphatic heterocycles. The van der Waals surface area contributed by atoms with Crippen LogP contribution < -0.4 is 15.4 Å². The molecule has 2 aromatic carbocycles. The molecule has 31 heavy (non-hydrogen) atoms. The van der Waals surface area contributed by atoms with Gasteiger partial charge >= 0.3 is 5.69 Å². The lowest BCUT2D eigenvalue weighted by atomic mass is 9.94. The Hall–Kier alpha value is -4.48. The Bertz CT molecular complexity index is 1220. The Morgan fingerprint density at radius 1 is 1.32 bits per heavy atom. The summed E-state index contributed by atoms with van der Waals surface area (Å²) in [6.45, 7) is 1.68. The number of methoxy groups -OCH3 is 1. The fourth-order valence-electron chi connectivity index (χ4n) is 3.41. The van der Waals surface area contributed by atoms with Crippen molar-refractivity contribution in [2.24, 2.45) is 0 Å². The molecule has 0 radical (unpaired) electrons. The van der Waals surface area contributed by atoms with Crippen LogP contribution in [-0.4, -0.2) is 43.3 Å². The van der Waals surface area contributed by atoms with Crippen LogP contribution in [0.5, 0.6) is 11.5 Å². The average molecular weight is 423 g/mol. The minimum atomic E-state index is -0.875. The number of carbonyl (C=O) groups excluding carboxylic acids is 1. The van der Waals surface area contributed by atoms with Crippen LogP contribution in [0.3, 0.4) is 0 Å². The van der Waals surface area contributed by atoms with Gasteiger partial charge in [-0.2, -0.15) is 4.68 Å². The number of para-hydroxylation sites is 2. The predicted octanol–water partition coefficient (Wildman–Crippen LogP) is 2.22. The van der Waals surface area contributed by atoms with Crippen molar-refractivity contribution in [3.63, 3.8) is 0 Å². The Kier molecular flexibility index (Phi) is 4.95. The third kappa shape index (κ3) is 3.50. The molecule has 0 saturated heterocycles. The van der Waals surface area contributed by atoms with Crippen LogP contribution in [0.15, 0.2) is 53.7 Å². The highest BCUT2D eigenvalue weighted by Gasteiger charge is 2.35. The van der Waals surface area contributed by atoms with Gasteiger partial charge in [-0.1, -0.05) is 23.3 Å². The number of amides is 1. The second-order valence-electron chi connectivity index (χ2n) is 6.67. The SMILES string of the molecule is COc1ccccc1NC(=O)C1=C(C)Nc2nnnn2[C@H]1c1ccc(O)c([N+](=O)[O-])c1. The first kappa shape index (κ1) is 19.8. The standard InChI is InChI=1S/C19H17N7O5/c1-10-16(18(28)21-12-5-3-4-6-15(12)31-2)17(25-19(20-10)22-23-24-25)11-7-8-14(27)13(9-11)26(29)30/h3-9,17,27H,1-2H3,(H,21,28)(H,20,22,24)/t17-/m0/s1. The maximum atomic E-state index is 13.3. The number of aromatic hydroxyl groups is 1. The number of aromatic nitrogens is 4. The van der Waals surface area contributed by atoms with Gasteiger partial charge in [-0.3, -0.25) is 14.9 Å². The van der Waals surface area contributed by atoms with Crippen LogP contribution in [0.4, 0.5) is 17.3 Å². The zero-order chi connectivity index (χ0) is 22.1. The highest BCUT2D eigenvalue weighted by Crippen LogP contribution is 2.38. The van der Waals surface area contributed by atoms with E-state index in [2.05, 4.69) is 26.2 Å². The predicted molar refractivity (Wildman–Crippen MR) is 109 cm³/mol. The Morgan fingerprint density at radius 2 is 2.10 bits per heavy atom. The van der Waals surface area contributed by atoms with E-state index < -0.39 is 28.3 Å². The minimum Gasteiger partial charge on any atom is -0.502 e. The molecule has 3 N–H and O–H groups in total. The van der Waals surface area contributed by atoms with Gasteiger partial charge in [0.05, 0.1) is 23.3 Å². The largest absolute Gasteiger partial charge is 0.502 e. The summed E-state index contributed by atoms with van der Waals surface area (Å²) in [5.74, 6) is -0.221. The number of hydrogen-bond donors (Lipinski definition) is 3. The zero-order valence-electron chi connectivity index (χ0n) is 16.4. The number of tetrazole rings is 1. The van der Waals surface area contributed by atoms with Crippen molar-refractivity contribution in [2.45, 2.75) is 13.0 Å². The van der Waals surface area contributed by atoms with Crippen LogP contribution in [0, 0.1) is 10.1 Å². The van der Waals surface area contributed by atoms with Gasteiger partial charge in [0.1, 0.15) is 11.8 Å². The third-order valence-corrected chi connectivity index (χ3v) is 4.83. The lowest BCUT2D eigenvalue weighted by Crippen LogP contribution is -2.31. The molecule has 1 aromatic heterocycles. The third-order valence-electron chi connectivity index (χ3n) is 4.83. The lowest BCUT2D eigenvalue weighted by Gasteiger charge is -2.28. The molecule has 0 saturated carbocycles. The van der Waals surface area contributed by atoms with Crippen LogP contribution in [0.2, 0.25) is 0 Å². The summed E-state index contributed by atoms with van der Waals surface area (Å²) in [5.41, 5.74) is 1.02. The molecule has 0 spiro atoms. The number of nitro benzene ring substituents is 1. The normalized spacial score (nSPS) is 15.1. The van der Waals surface area contributed by atoms with Gasteiger partial charge in [-0.05, 0) is 41.1 Å². The van der Waals surface area contributed by atoms with E-state index in [1.54, 1.807) is 31.2 Å². The quantitative estimate of drug-likeness (QED) is 0.413. The number of rotatable bonds is 5. The molecule has 4 rings (SSSR count). The van der Waals surface area contributed by atoms with Gasteiger partial charge in [0, 0.05) is 11.8 Å².